The summed E-state index contributed by atoms with van der Waals surface area (Å²) in [4.78, 5) is 11.2. The third-order valence-electron chi connectivity index (χ3n) is 4.39. The van der Waals surface area contributed by atoms with Gasteiger partial charge in [0, 0.05) is 13.1 Å². The van der Waals surface area contributed by atoms with Gasteiger partial charge >= 0.3 is 5.97 Å². The lowest BCUT2D eigenvalue weighted by atomic mass is 9.95. The number of hydrogen-bond acceptors (Lipinski definition) is 4. The molecule has 1 spiro atoms. The normalized spacial score (nSPS) is 25.1. The summed E-state index contributed by atoms with van der Waals surface area (Å²) < 4.78 is 33.1. The highest BCUT2D eigenvalue weighted by Crippen LogP contribution is 2.33. The van der Waals surface area contributed by atoms with E-state index in [1.54, 1.807) is 6.92 Å². The monoisotopic (exact) mass is 337 g/mol. The first-order chi connectivity index (χ1) is 10.8. The second-order valence-electron chi connectivity index (χ2n) is 6.01. The quantitative estimate of drug-likeness (QED) is 0.850. The zero-order chi connectivity index (χ0) is 16.7. The second kappa shape index (κ2) is 5.74. The third kappa shape index (κ3) is 2.91. The maximum Gasteiger partial charge on any atom is 0.335 e. The number of carboxylic acids is 1. The fourth-order valence-electron chi connectivity index (χ4n) is 3.15. The van der Waals surface area contributed by atoms with Crippen molar-refractivity contribution in [1.82, 2.24) is 4.31 Å². The SMILES string of the molecule is Cc1ccc(C(=O)O)cc1S(=O)(=O)N1CCCC2(C=CCO2)C1. The number of aryl methyl sites for hydroxylation is 1. The van der Waals surface area contributed by atoms with Gasteiger partial charge in [0.25, 0.3) is 0 Å². The zero-order valence-corrected chi connectivity index (χ0v) is 13.7. The van der Waals surface area contributed by atoms with Gasteiger partial charge in [-0.25, -0.2) is 13.2 Å². The molecule has 124 valence electrons. The summed E-state index contributed by atoms with van der Waals surface area (Å²) in [5.74, 6) is -1.14. The lowest BCUT2D eigenvalue weighted by Gasteiger charge is -2.38. The summed E-state index contributed by atoms with van der Waals surface area (Å²) in [7, 11) is -3.76. The summed E-state index contributed by atoms with van der Waals surface area (Å²) in [6.07, 6.45) is 5.35. The van der Waals surface area contributed by atoms with Crippen LogP contribution in [0, 0.1) is 6.92 Å². The van der Waals surface area contributed by atoms with Gasteiger partial charge in [0.05, 0.1) is 17.1 Å². The van der Waals surface area contributed by atoms with E-state index in [0.717, 1.165) is 6.42 Å². The molecule has 0 bridgehead atoms. The largest absolute Gasteiger partial charge is 0.478 e. The Morgan fingerprint density at radius 3 is 2.83 bits per heavy atom. The first kappa shape index (κ1) is 16.2. The lowest BCUT2D eigenvalue weighted by Crippen LogP contribution is -2.49. The molecule has 1 atom stereocenters. The van der Waals surface area contributed by atoms with Crippen LogP contribution in [0.1, 0.15) is 28.8 Å². The van der Waals surface area contributed by atoms with Gasteiger partial charge in [-0.2, -0.15) is 4.31 Å². The highest BCUT2D eigenvalue weighted by molar-refractivity contribution is 7.89. The molecule has 3 rings (SSSR count). The molecule has 1 saturated heterocycles. The highest BCUT2D eigenvalue weighted by atomic mass is 32.2. The number of carboxylic acid groups (broad SMARTS) is 1. The standard InChI is InChI=1S/C16H19NO5S/c1-12-4-5-13(15(18)19)10-14(12)23(20,21)17-8-2-6-16(11-17)7-3-9-22-16/h3-5,7,10H,2,6,8-9,11H2,1H3,(H,18,19). The van der Waals surface area contributed by atoms with Crippen LogP contribution in [-0.2, 0) is 14.8 Å². The van der Waals surface area contributed by atoms with Gasteiger partial charge < -0.3 is 9.84 Å². The number of ether oxygens (including phenoxy) is 1. The van der Waals surface area contributed by atoms with E-state index in [4.69, 9.17) is 9.84 Å². The minimum absolute atomic E-state index is 0.0297. The molecule has 6 nitrogen and oxygen atoms in total. The van der Waals surface area contributed by atoms with Crippen molar-refractivity contribution in [1.29, 1.82) is 0 Å². The molecule has 2 aliphatic rings. The van der Waals surface area contributed by atoms with Crippen LogP contribution in [0.15, 0.2) is 35.2 Å². The summed E-state index contributed by atoms with van der Waals surface area (Å²) >= 11 is 0. The van der Waals surface area contributed by atoms with Crippen molar-refractivity contribution in [3.8, 4) is 0 Å². The predicted molar refractivity (Wildman–Crippen MR) is 84.0 cm³/mol. The van der Waals surface area contributed by atoms with Gasteiger partial charge in [0.15, 0.2) is 0 Å². The van der Waals surface area contributed by atoms with Gasteiger partial charge in [-0.3, -0.25) is 0 Å². The molecule has 0 amide bonds. The van der Waals surface area contributed by atoms with Crippen molar-refractivity contribution in [3.63, 3.8) is 0 Å². The molecule has 1 unspecified atom stereocenters. The van der Waals surface area contributed by atoms with Crippen LogP contribution in [0.2, 0.25) is 0 Å². The summed E-state index contributed by atoms with van der Waals surface area (Å²) in [5.41, 5.74) is -0.0284. The van der Waals surface area contributed by atoms with E-state index < -0.39 is 21.6 Å². The maximum atomic E-state index is 13.0. The van der Waals surface area contributed by atoms with Gasteiger partial charge in [-0.05, 0) is 37.5 Å². The fraction of sp³-hybridized carbons (Fsp3) is 0.438. The van der Waals surface area contributed by atoms with Gasteiger partial charge in [0.1, 0.15) is 5.60 Å². The number of benzene rings is 1. The molecule has 7 heteroatoms. The van der Waals surface area contributed by atoms with Crippen molar-refractivity contribution in [2.24, 2.45) is 0 Å². The number of aromatic carboxylic acids is 1. The number of sulfonamides is 1. The molecular weight excluding hydrogens is 318 g/mol. The highest BCUT2D eigenvalue weighted by Gasteiger charge is 2.41. The Hall–Kier alpha value is -1.70. The van der Waals surface area contributed by atoms with E-state index in [1.807, 2.05) is 12.2 Å². The van der Waals surface area contributed by atoms with Gasteiger partial charge in [0.2, 0.25) is 10.0 Å². The first-order valence-electron chi connectivity index (χ1n) is 7.50. The molecule has 2 heterocycles. The van der Waals surface area contributed by atoms with Crippen molar-refractivity contribution in [3.05, 3.63) is 41.5 Å². The Kier molecular flexibility index (Phi) is 4.03. The molecule has 0 aromatic heterocycles. The number of piperidine rings is 1. The minimum Gasteiger partial charge on any atom is -0.478 e. The van der Waals surface area contributed by atoms with Crippen molar-refractivity contribution < 1.29 is 23.1 Å². The molecule has 2 aliphatic heterocycles. The van der Waals surface area contributed by atoms with Crippen LogP contribution < -0.4 is 0 Å². The number of hydrogen-bond donors (Lipinski definition) is 1. The predicted octanol–water partition coefficient (Wildman–Crippen LogP) is 1.80. The summed E-state index contributed by atoms with van der Waals surface area (Å²) in [6, 6.07) is 4.18. The lowest BCUT2D eigenvalue weighted by molar-refractivity contribution is -0.0119. The molecule has 0 aliphatic carbocycles. The average Bonchev–Trinajstić information content (AvgIpc) is 2.95. The van der Waals surface area contributed by atoms with Crippen LogP contribution in [0.5, 0.6) is 0 Å². The summed E-state index contributed by atoms with van der Waals surface area (Å²) in [6.45, 7) is 2.85. The Bertz CT molecular complexity index is 771. The van der Waals surface area contributed by atoms with E-state index in [2.05, 4.69) is 0 Å². The van der Waals surface area contributed by atoms with Crippen LogP contribution >= 0.6 is 0 Å². The van der Waals surface area contributed by atoms with E-state index in [9.17, 15) is 13.2 Å². The van der Waals surface area contributed by atoms with Crippen molar-refractivity contribution in [2.45, 2.75) is 30.3 Å². The Labute approximate surface area is 135 Å². The molecule has 1 N–H and O–H groups in total. The van der Waals surface area contributed by atoms with E-state index in [1.165, 1.54) is 22.5 Å². The number of nitrogens with zero attached hydrogens (tertiary/aromatic N) is 1. The molecule has 23 heavy (non-hydrogen) atoms. The Morgan fingerprint density at radius 2 is 2.17 bits per heavy atom. The number of carbonyl (C=O) groups is 1. The van der Waals surface area contributed by atoms with Gasteiger partial charge in [-0.15, -0.1) is 0 Å². The molecule has 0 radical (unpaired) electrons. The maximum absolute atomic E-state index is 13.0. The Morgan fingerprint density at radius 1 is 1.39 bits per heavy atom. The van der Waals surface area contributed by atoms with Crippen molar-refractivity contribution >= 4 is 16.0 Å². The fourth-order valence-corrected chi connectivity index (χ4v) is 4.93. The van der Waals surface area contributed by atoms with Crippen LogP contribution in [0.3, 0.4) is 0 Å². The van der Waals surface area contributed by atoms with Gasteiger partial charge in [-0.1, -0.05) is 18.2 Å². The van der Waals surface area contributed by atoms with E-state index >= 15 is 0 Å². The molecule has 1 aromatic rings. The molecule has 0 saturated carbocycles. The van der Waals surface area contributed by atoms with Crippen LogP contribution in [0.4, 0.5) is 0 Å². The van der Waals surface area contributed by atoms with Crippen molar-refractivity contribution in [2.75, 3.05) is 19.7 Å². The third-order valence-corrected chi connectivity index (χ3v) is 6.38. The Balaban J connectivity index is 1.96. The molecule has 1 fully saturated rings. The summed E-state index contributed by atoms with van der Waals surface area (Å²) in [5, 5.41) is 9.11. The first-order valence-corrected chi connectivity index (χ1v) is 8.94. The average molecular weight is 337 g/mol. The number of rotatable bonds is 3. The smallest absolute Gasteiger partial charge is 0.335 e. The second-order valence-corrected chi connectivity index (χ2v) is 7.91. The topological polar surface area (TPSA) is 83.9 Å². The van der Waals surface area contributed by atoms with Crippen LogP contribution in [0.25, 0.3) is 0 Å². The molecular formula is C16H19NO5S. The van der Waals surface area contributed by atoms with E-state index in [-0.39, 0.29) is 17.0 Å². The molecule has 1 aromatic carbocycles. The minimum atomic E-state index is -3.76. The van der Waals surface area contributed by atoms with Crippen LogP contribution in [-0.4, -0.2) is 49.1 Å². The zero-order valence-electron chi connectivity index (χ0n) is 12.9. The van der Waals surface area contributed by atoms with E-state index in [0.29, 0.717) is 25.1 Å².